The third-order valence-electron chi connectivity index (χ3n) is 3.61. The molecule has 1 atom stereocenters. The molecule has 1 aliphatic heterocycles. The van der Waals surface area contributed by atoms with Crippen LogP contribution in [0.1, 0.15) is 18.4 Å². The predicted octanol–water partition coefficient (Wildman–Crippen LogP) is 2.15. The van der Waals surface area contributed by atoms with Crippen LogP contribution in [0.2, 0.25) is 0 Å². The second-order valence-corrected chi connectivity index (χ2v) is 4.94. The fraction of sp³-hybridized carbons (Fsp3) is 0.533. The molecule has 98 valence electrons. The zero-order valence-electron chi connectivity index (χ0n) is 11.0. The number of ether oxygens (including phenoxy) is 1. The molecule has 3 heteroatoms. The molecule has 0 spiro atoms. The van der Waals surface area contributed by atoms with Crippen LogP contribution in [0, 0.1) is 5.92 Å². The minimum absolute atomic E-state index is 0.245. The number of likely N-dealkylation sites (tertiary alicyclic amines) is 1. The average molecular weight is 247 g/mol. The summed E-state index contributed by atoms with van der Waals surface area (Å²) in [5, 5.41) is 0. The number of carbonyl (C=O) groups is 1. The molecule has 18 heavy (non-hydrogen) atoms. The number of aldehydes is 1. The summed E-state index contributed by atoms with van der Waals surface area (Å²) in [6, 6.07) is 8.22. The maximum absolute atomic E-state index is 10.8. The van der Waals surface area contributed by atoms with Crippen LogP contribution >= 0.6 is 0 Å². The van der Waals surface area contributed by atoms with Gasteiger partial charge >= 0.3 is 0 Å². The molecule has 1 aromatic rings. The van der Waals surface area contributed by atoms with Crippen LogP contribution in [0.25, 0.3) is 0 Å². The molecule has 0 aliphatic carbocycles. The summed E-state index contributed by atoms with van der Waals surface area (Å²) in [5.74, 6) is 1.15. The van der Waals surface area contributed by atoms with Crippen LogP contribution in [-0.2, 0) is 11.2 Å². The van der Waals surface area contributed by atoms with Crippen molar-refractivity contribution in [3.05, 3.63) is 29.8 Å². The lowest BCUT2D eigenvalue weighted by molar-refractivity contribution is -0.112. The second kappa shape index (κ2) is 6.55. The summed E-state index contributed by atoms with van der Waals surface area (Å²) in [4.78, 5) is 13.2. The molecule has 2 rings (SSSR count). The van der Waals surface area contributed by atoms with E-state index in [4.69, 9.17) is 4.74 Å². The lowest BCUT2D eigenvalue weighted by Gasteiger charge is -2.30. The van der Waals surface area contributed by atoms with Crippen molar-refractivity contribution >= 4 is 6.29 Å². The first-order valence-corrected chi connectivity index (χ1v) is 6.62. The van der Waals surface area contributed by atoms with E-state index in [-0.39, 0.29) is 5.92 Å². The molecule has 0 aromatic heterocycles. The predicted molar refractivity (Wildman–Crippen MR) is 71.9 cm³/mol. The van der Waals surface area contributed by atoms with Gasteiger partial charge in [-0.15, -0.1) is 0 Å². The molecule has 1 unspecified atom stereocenters. The Bertz CT molecular complexity index is 375. The average Bonchev–Trinajstić information content (AvgIpc) is 2.46. The quantitative estimate of drug-likeness (QED) is 0.747. The molecule has 1 aromatic carbocycles. The molecule has 1 heterocycles. The molecule has 1 saturated heterocycles. The maximum atomic E-state index is 10.8. The first-order chi connectivity index (χ1) is 8.81. The van der Waals surface area contributed by atoms with Gasteiger partial charge in [0.2, 0.25) is 0 Å². The van der Waals surface area contributed by atoms with Crippen LogP contribution in [0.15, 0.2) is 24.3 Å². The van der Waals surface area contributed by atoms with E-state index >= 15 is 0 Å². The van der Waals surface area contributed by atoms with Gasteiger partial charge < -0.3 is 14.4 Å². The summed E-state index contributed by atoms with van der Waals surface area (Å²) < 4.78 is 5.14. The molecular formula is C15H21NO2. The van der Waals surface area contributed by atoms with Gasteiger partial charge in [0.1, 0.15) is 12.0 Å². The molecule has 0 saturated carbocycles. The van der Waals surface area contributed by atoms with Crippen molar-refractivity contribution in [3.63, 3.8) is 0 Å². The van der Waals surface area contributed by atoms with E-state index in [0.717, 1.165) is 50.9 Å². The zero-order valence-corrected chi connectivity index (χ0v) is 11.0. The summed E-state index contributed by atoms with van der Waals surface area (Å²) in [6.45, 7) is 3.09. The van der Waals surface area contributed by atoms with Crippen molar-refractivity contribution in [2.45, 2.75) is 19.3 Å². The van der Waals surface area contributed by atoms with Crippen molar-refractivity contribution in [1.29, 1.82) is 0 Å². The van der Waals surface area contributed by atoms with Crippen molar-refractivity contribution < 1.29 is 9.53 Å². The number of rotatable bonds is 5. The first-order valence-electron chi connectivity index (χ1n) is 6.62. The highest BCUT2D eigenvalue weighted by atomic mass is 16.5. The normalized spacial score (nSPS) is 20.6. The van der Waals surface area contributed by atoms with Crippen LogP contribution in [-0.4, -0.2) is 37.9 Å². The molecule has 0 N–H and O–H groups in total. The van der Waals surface area contributed by atoms with Gasteiger partial charge in [0.25, 0.3) is 0 Å². The number of carbonyl (C=O) groups excluding carboxylic acids is 1. The number of methoxy groups -OCH3 is 1. The van der Waals surface area contributed by atoms with Gasteiger partial charge in [0.05, 0.1) is 7.11 Å². The second-order valence-electron chi connectivity index (χ2n) is 4.94. The third kappa shape index (κ3) is 3.57. The lowest BCUT2D eigenvalue weighted by Crippen LogP contribution is -2.37. The number of benzene rings is 1. The van der Waals surface area contributed by atoms with E-state index in [1.807, 2.05) is 12.1 Å². The highest BCUT2D eigenvalue weighted by Crippen LogP contribution is 2.16. The smallest absolute Gasteiger partial charge is 0.124 e. The number of hydrogen-bond acceptors (Lipinski definition) is 3. The van der Waals surface area contributed by atoms with E-state index < -0.39 is 0 Å². The highest BCUT2D eigenvalue weighted by molar-refractivity contribution is 5.53. The largest absolute Gasteiger partial charge is 0.497 e. The van der Waals surface area contributed by atoms with E-state index in [0.29, 0.717) is 0 Å². The minimum Gasteiger partial charge on any atom is -0.497 e. The van der Waals surface area contributed by atoms with Gasteiger partial charge in [-0.2, -0.15) is 0 Å². The Kier molecular flexibility index (Phi) is 4.76. The molecule has 0 bridgehead atoms. The van der Waals surface area contributed by atoms with E-state index in [1.54, 1.807) is 7.11 Å². The standard InChI is InChI=1S/C15H21NO2/c1-18-15-6-4-13(5-7-15)8-10-16-9-2-3-14(11-16)12-17/h4-7,12,14H,2-3,8-11H2,1H3. The summed E-state index contributed by atoms with van der Waals surface area (Å²) in [7, 11) is 1.68. The Balaban J connectivity index is 1.81. The first kappa shape index (κ1) is 13.1. The Morgan fingerprint density at radius 1 is 1.39 bits per heavy atom. The molecule has 1 aliphatic rings. The van der Waals surface area contributed by atoms with Crippen LogP contribution < -0.4 is 4.74 Å². The topological polar surface area (TPSA) is 29.5 Å². The molecule has 1 fully saturated rings. The number of hydrogen-bond donors (Lipinski definition) is 0. The molecular weight excluding hydrogens is 226 g/mol. The summed E-state index contributed by atoms with van der Waals surface area (Å²) in [6.07, 6.45) is 4.35. The Morgan fingerprint density at radius 2 is 2.17 bits per heavy atom. The monoisotopic (exact) mass is 247 g/mol. The van der Waals surface area contributed by atoms with Crippen molar-refractivity contribution in [2.24, 2.45) is 5.92 Å². The molecule has 0 amide bonds. The van der Waals surface area contributed by atoms with Crippen LogP contribution in [0.4, 0.5) is 0 Å². The SMILES string of the molecule is COc1ccc(CCN2CCCC(C=O)C2)cc1. The Labute approximate surface area is 109 Å². The van der Waals surface area contributed by atoms with E-state index in [9.17, 15) is 4.79 Å². The van der Waals surface area contributed by atoms with Gasteiger partial charge in [-0.3, -0.25) is 0 Å². The van der Waals surface area contributed by atoms with Crippen molar-refractivity contribution in [3.8, 4) is 5.75 Å². The van der Waals surface area contributed by atoms with Crippen LogP contribution in [0.3, 0.4) is 0 Å². The van der Waals surface area contributed by atoms with Gasteiger partial charge in [-0.25, -0.2) is 0 Å². The van der Waals surface area contributed by atoms with Crippen molar-refractivity contribution in [2.75, 3.05) is 26.7 Å². The fourth-order valence-electron chi connectivity index (χ4n) is 2.48. The van der Waals surface area contributed by atoms with Crippen LogP contribution in [0.5, 0.6) is 5.75 Å². The molecule has 3 nitrogen and oxygen atoms in total. The summed E-state index contributed by atoms with van der Waals surface area (Å²) in [5.41, 5.74) is 1.32. The minimum atomic E-state index is 0.245. The molecule has 0 radical (unpaired) electrons. The number of piperidine rings is 1. The van der Waals surface area contributed by atoms with E-state index in [2.05, 4.69) is 17.0 Å². The number of nitrogens with zero attached hydrogens (tertiary/aromatic N) is 1. The third-order valence-corrected chi connectivity index (χ3v) is 3.61. The lowest BCUT2D eigenvalue weighted by atomic mass is 9.99. The maximum Gasteiger partial charge on any atom is 0.124 e. The van der Waals surface area contributed by atoms with Crippen molar-refractivity contribution in [1.82, 2.24) is 4.90 Å². The summed E-state index contributed by atoms with van der Waals surface area (Å²) >= 11 is 0. The van der Waals surface area contributed by atoms with E-state index in [1.165, 1.54) is 5.56 Å². The zero-order chi connectivity index (χ0) is 12.8. The Hall–Kier alpha value is -1.35. The highest BCUT2D eigenvalue weighted by Gasteiger charge is 2.18. The van der Waals surface area contributed by atoms with Gasteiger partial charge in [0, 0.05) is 19.0 Å². The van der Waals surface area contributed by atoms with Gasteiger partial charge in [0.15, 0.2) is 0 Å². The fourth-order valence-corrected chi connectivity index (χ4v) is 2.48. The Morgan fingerprint density at radius 3 is 2.83 bits per heavy atom. The van der Waals surface area contributed by atoms with Gasteiger partial charge in [-0.05, 0) is 43.5 Å². The van der Waals surface area contributed by atoms with Gasteiger partial charge in [-0.1, -0.05) is 12.1 Å².